The van der Waals surface area contributed by atoms with E-state index in [0.29, 0.717) is 5.88 Å². The molecule has 1 aromatic rings. The topological polar surface area (TPSA) is 46.2 Å². The van der Waals surface area contributed by atoms with Gasteiger partial charge in [-0.25, -0.2) is 4.98 Å². The van der Waals surface area contributed by atoms with E-state index >= 15 is 0 Å². The molecule has 0 unspecified atom stereocenters. The Morgan fingerprint density at radius 2 is 2.20 bits per heavy atom. The maximum absolute atomic E-state index is 5.03. The van der Waals surface area contributed by atoms with Crippen molar-refractivity contribution < 1.29 is 4.74 Å². The third kappa shape index (κ3) is 4.65. The molecule has 0 aliphatic carbocycles. The second-order valence-corrected chi connectivity index (χ2v) is 3.26. The molecular weight excluding hydrogens is 190 g/mol. The first-order valence-corrected chi connectivity index (χ1v) is 5.31. The zero-order valence-corrected chi connectivity index (χ0v) is 9.42. The van der Waals surface area contributed by atoms with E-state index in [1.54, 1.807) is 13.3 Å². The van der Waals surface area contributed by atoms with E-state index in [1.165, 1.54) is 6.42 Å². The van der Waals surface area contributed by atoms with Crippen molar-refractivity contribution in [2.75, 3.05) is 32.1 Å². The normalized spacial score (nSPS) is 10.0. The maximum atomic E-state index is 5.03. The van der Waals surface area contributed by atoms with Crippen LogP contribution in [0.3, 0.4) is 0 Å². The molecule has 0 aliphatic heterocycles. The fourth-order valence-electron chi connectivity index (χ4n) is 1.23. The van der Waals surface area contributed by atoms with Crippen LogP contribution in [-0.4, -0.2) is 31.7 Å². The lowest BCUT2D eigenvalue weighted by molar-refractivity contribution is 0.398. The number of nitrogens with one attached hydrogen (secondary N) is 2. The van der Waals surface area contributed by atoms with E-state index in [0.717, 1.165) is 25.3 Å². The smallest absolute Gasteiger partial charge is 0.214 e. The lowest BCUT2D eigenvalue weighted by Gasteiger charge is -2.07. The molecule has 15 heavy (non-hydrogen) atoms. The summed E-state index contributed by atoms with van der Waals surface area (Å²) in [5.74, 6) is 0.640. The summed E-state index contributed by atoms with van der Waals surface area (Å²) < 4.78 is 5.03. The molecule has 4 heteroatoms. The highest BCUT2D eigenvalue weighted by Gasteiger charge is 1.95. The monoisotopic (exact) mass is 209 g/mol. The first-order chi connectivity index (χ1) is 7.36. The molecule has 0 bridgehead atoms. The zero-order valence-electron chi connectivity index (χ0n) is 9.42. The summed E-state index contributed by atoms with van der Waals surface area (Å²) >= 11 is 0. The number of aromatic nitrogens is 1. The van der Waals surface area contributed by atoms with Gasteiger partial charge in [0, 0.05) is 31.0 Å². The van der Waals surface area contributed by atoms with Crippen molar-refractivity contribution in [1.29, 1.82) is 0 Å². The molecule has 1 heterocycles. The van der Waals surface area contributed by atoms with Gasteiger partial charge in [-0.2, -0.15) is 0 Å². The number of nitrogens with zero attached hydrogens (tertiary/aromatic N) is 1. The van der Waals surface area contributed by atoms with Crippen molar-refractivity contribution in [3.8, 4) is 5.88 Å². The van der Waals surface area contributed by atoms with Crippen LogP contribution in [0.2, 0.25) is 0 Å². The molecule has 0 saturated carbocycles. The first kappa shape index (κ1) is 11.8. The summed E-state index contributed by atoms with van der Waals surface area (Å²) in [6.07, 6.45) is 2.91. The zero-order chi connectivity index (χ0) is 10.9. The van der Waals surface area contributed by atoms with Crippen molar-refractivity contribution in [2.45, 2.75) is 13.3 Å². The van der Waals surface area contributed by atoms with Crippen molar-refractivity contribution in [1.82, 2.24) is 10.3 Å². The fourth-order valence-corrected chi connectivity index (χ4v) is 1.23. The first-order valence-electron chi connectivity index (χ1n) is 5.31. The van der Waals surface area contributed by atoms with Crippen molar-refractivity contribution >= 4 is 5.69 Å². The molecule has 84 valence electrons. The lowest BCUT2D eigenvalue weighted by Crippen LogP contribution is -2.22. The van der Waals surface area contributed by atoms with Crippen LogP contribution >= 0.6 is 0 Å². The molecule has 4 nitrogen and oxygen atoms in total. The van der Waals surface area contributed by atoms with E-state index in [4.69, 9.17) is 4.74 Å². The highest BCUT2D eigenvalue weighted by molar-refractivity contribution is 5.44. The average Bonchev–Trinajstić information content (AvgIpc) is 2.29. The third-order valence-corrected chi connectivity index (χ3v) is 2.00. The minimum Gasteiger partial charge on any atom is -0.481 e. The quantitative estimate of drug-likeness (QED) is 0.668. The van der Waals surface area contributed by atoms with E-state index in [1.807, 2.05) is 12.1 Å². The van der Waals surface area contributed by atoms with Crippen LogP contribution in [0, 0.1) is 0 Å². The predicted molar refractivity (Wildman–Crippen MR) is 62.4 cm³/mol. The van der Waals surface area contributed by atoms with Gasteiger partial charge in [-0.15, -0.1) is 0 Å². The summed E-state index contributed by atoms with van der Waals surface area (Å²) in [6.45, 7) is 5.11. The Bertz CT molecular complexity index is 278. The Labute approximate surface area is 91.1 Å². The van der Waals surface area contributed by atoms with Crippen LogP contribution in [0.15, 0.2) is 18.3 Å². The van der Waals surface area contributed by atoms with Crippen LogP contribution in [0.25, 0.3) is 0 Å². The van der Waals surface area contributed by atoms with Crippen LogP contribution in [0.4, 0.5) is 5.69 Å². The van der Waals surface area contributed by atoms with E-state index < -0.39 is 0 Å². The molecule has 0 radical (unpaired) electrons. The molecule has 1 aromatic heterocycles. The van der Waals surface area contributed by atoms with Gasteiger partial charge in [0.1, 0.15) is 0 Å². The van der Waals surface area contributed by atoms with Crippen LogP contribution < -0.4 is 15.4 Å². The Morgan fingerprint density at radius 3 is 2.93 bits per heavy atom. The summed E-state index contributed by atoms with van der Waals surface area (Å²) in [5.41, 5.74) is 1.04. The Balaban J connectivity index is 2.24. The molecule has 0 saturated heterocycles. The highest BCUT2D eigenvalue weighted by atomic mass is 16.5. The predicted octanol–water partition coefficient (Wildman–Crippen LogP) is 1.50. The van der Waals surface area contributed by atoms with Gasteiger partial charge in [-0.1, -0.05) is 6.92 Å². The highest BCUT2D eigenvalue weighted by Crippen LogP contribution is 2.12. The molecule has 0 aliphatic rings. The van der Waals surface area contributed by atoms with Crippen LogP contribution in [-0.2, 0) is 0 Å². The van der Waals surface area contributed by atoms with Crippen molar-refractivity contribution in [3.63, 3.8) is 0 Å². The summed E-state index contributed by atoms with van der Waals surface area (Å²) in [4.78, 5) is 4.04. The van der Waals surface area contributed by atoms with Gasteiger partial charge in [-0.3, -0.25) is 0 Å². The molecule has 0 fully saturated rings. The van der Waals surface area contributed by atoms with Gasteiger partial charge < -0.3 is 15.4 Å². The molecule has 0 amide bonds. The SMILES string of the molecule is CCCNCCNc1ccnc(OC)c1. The van der Waals surface area contributed by atoms with Gasteiger partial charge in [0.05, 0.1) is 7.11 Å². The summed E-state index contributed by atoms with van der Waals surface area (Å²) in [5, 5.41) is 6.62. The third-order valence-electron chi connectivity index (χ3n) is 2.00. The maximum Gasteiger partial charge on any atom is 0.214 e. The largest absolute Gasteiger partial charge is 0.481 e. The van der Waals surface area contributed by atoms with Crippen LogP contribution in [0.1, 0.15) is 13.3 Å². The summed E-state index contributed by atoms with van der Waals surface area (Å²) in [6, 6.07) is 3.82. The van der Waals surface area contributed by atoms with E-state index in [2.05, 4.69) is 22.5 Å². The molecule has 0 aromatic carbocycles. The minimum atomic E-state index is 0.640. The minimum absolute atomic E-state index is 0.640. The number of pyridine rings is 1. The Morgan fingerprint density at radius 1 is 1.33 bits per heavy atom. The van der Waals surface area contributed by atoms with Crippen molar-refractivity contribution in [2.24, 2.45) is 0 Å². The second kappa shape index (κ2) is 7.06. The molecular formula is C11H19N3O. The number of anilines is 1. The average molecular weight is 209 g/mol. The Kier molecular flexibility index (Phi) is 5.55. The number of methoxy groups -OCH3 is 1. The van der Waals surface area contributed by atoms with E-state index in [-0.39, 0.29) is 0 Å². The molecule has 0 spiro atoms. The summed E-state index contributed by atoms with van der Waals surface area (Å²) in [7, 11) is 1.62. The number of ether oxygens (including phenoxy) is 1. The number of hydrogen-bond acceptors (Lipinski definition) is 4. The molecule has 0 atom stereocenters. The van der Waals surface area contributed by atoms with Crippen LogP contribution in [0.5, 0.6) is 5.88 Å². The van der Waals surface area contributed by atoms with Gasteiger partial charge in [0.15, 0.2) is 0 Å². The van der Waals surface area contributed by atoms with E-state index in [9.17, 15) is 0 Å². The number of rotatable bonds is 7. The van der Waals surface area contributed by atoms with Gasteiger partial charge >= 0.3 is 0 Å². The van der Waals surface area contributed by atoms with Crippen molar-refractivity contribution in [3.05, 3.63) is 18.3 Å². The van der Waals surface area contributed by atoms with Gasteiger partial charge in [-0.05, 0) is 19.0 Å². The Hall–Kier alpha value is -1.29. The van der Waals surface area contributed by atoms with Gasteiger partial charge in [0.25, 0.3) is 0 Å². The second-order valence-electron chi connectivity index (χ2n) is 3.26. The number of hydrogen-bond donors (Lipinski definition) is 2. The molecule has 2 N–H and O–H groups in total. The van der Waals surface area contributed by atoms with Gasteiger partial charge in [0.2, 0.25) is 5.88 Å². The fraction of sp³-hybridized carbons (Fsp3) is 0.545. The lowest BCUT2D eigenvalue weighted by atomic mass is 10.4. The standard InChI is InChI=1S/C11H19N3O/c1-3-5-12-7-8-13-10-4-6-14-11(9-10)15-2/h4,6,9,12H,3,5,7-8H2,1-2H3,(H,13,14). The molecule has 1 rings (SSSR count).